The average molecular weight is 466 g/mol. The van der Waals surface area contributed by atoms with E-state index in [1.165, 1.54) is 0 Å². The lowest BCUT2D eigenvalue weighted by molar-refractivity contribution is 0.102. The van der Waals surface area contributed by atoms with Gasteiger partial charge in [0.25, 0.3) is 11.8 Å². The Balaban J connectivity index is 1.87. The van der Waals surface area contributed by atoms with Crippen LogP contribution in [-0.4, -0.2) is 27.1 Å². The number of aryl methyl sites for hydroxylation is 4. The van der Waals surface area contributed by atoms with Gasteiger partial charge in [0.15, 0.2) is 11.6 Å². The molecule has 3 aromatic heterocycles. The van der Waals surface area contributed by atoms with Gasteiger partial charge >= 0.3 is 0 Å². The molecule has 0 aliphatic heterocycles. The molecule has 0 saturated carbocycles. The van der Waals surface area contributed by atoms with Crippen LogP contribution in [0.2, 0.25) is 5.02 Å². The molecule has 168 valence electrons. The molecule has 9 nitrogen and oxygen atoms in total. The molecule has 3 heterocycles. The minimum absolute atomic E-state index is 0.227. The molecule has 0 spiro atoms. The molecule has 0 fully saturated rings. The number of pyridine rings is 1. The van der Waals surface area contributed by atoms with Crippen molar-refractivity contribution < 1.29 is 18.6 Å². The number of hydrogen-bond acceptors (Lipinski definition) is 7. The van der Waals surface area contributed by atoms with E-state index in [1.807, 2.05) is 0 Å². The molecule has 0 aliphatic carbocycles. The maximum atomic E-state index is 13.3. The normalized spacial score (nSPS) is 10.8. The van der Waals surface area contributed by atoms with Crippen LogP contribution in [0.15, 0.2) is 45.4 Å². The fraction of sp³-hybridized carbons (Fsp3) is 0.174. The second-order valence-electron chi connectivity index (χ2n) is 7.47. The first kappa shape index (κ1) is 22.2. The summed E-state index contributed by atoms with van der Waals surface area (Å²) in [6.07, 6.45) is 0. The van der Waals surface area contributed by atoms with Crippen molar-refractivity contribution in [3.63, 3.8) is 0 Å². The van der Waals surface area contributed by atoms with Crippen LogP contribution < -0.4 is 10.6 Å². The molecule has 2 N–H and O–H groups in total. The molecule has 0 bridgehead atoms. The van der Waals surface area contributed by atoms with Crippen LogP contribution in [0.5, 0.6) is 0 Å². The summed E-state index contributed by atoms with van der Waals surface area (Å²) in [5.74, 6) is 0.635. The molecule has 4 rings (SSSR count). The predicted octanol–water partition coefficient (Wildman–Crippen LogP) is 5.12. The Morgan fingerprint density at radius 2 is 1.24 bits per heavy atom. The summed E-state index contributed by atoms with van der Waals surface area (Å²) in [7, 11) is 0. The van der Waals surface area contributed by atoms with E-state index >= 15 is 0 Å². The third-order valence-corrected chi connectivity index (χ3v) is 5.14. The quantitative estimate of drug-likeness (QED) is 0.419. The van der Waals surface area contributed by atoms with Gasteiger partial charge in [-0.3, -0.25) is 14.6 Å². The van der Waals surface area contributed by atoms with Crippen molar-refractivity contribution in [2.24, 2.45) is 0 Å². The molecule has 10 heteroatoms. The summed E-state index contributed by atoms with van der Waals surface area (Å²) >= 11 is 6.08. The Hall–Kier alpha value is -3.98. The number of nitrogens with one attached hydrogen (secondary N) is 2. The number of carbonyl (C=O) groups excluding carboxylic acids is 2. The number of aromatic nitrogens is 3. The standard InChI is InChI=1S/C23H20ClN5O4/c1-11-9-17(28-32-11)26-22(30)19-13(3)25-14(4)20(21(19)15-5-7-16(24)8-6-15)23(31)27-18-10-12(2)33-29-18/h5-10H,1-4H3,(H,26,28,30)(H,27,29,31). The van der Waals surface area contributed by atoms with Crippen molar-refractivity contribution in [2.75, 3.05) is 10.6 Å². The third-order valence-electron chi connectivity index (χ3n) is 4.89. The van der Waals surface area contributed by atoms with Crippen molar-refractivity contribution in [2.45, 2.75) is 27.7 Å². The fourth-order valence-electron chi connectivity index (χ4n) is 3.52. The Labute approximate surface area is 194 Å². The Kier molecular flexibility index (Phi) is 5.97. The van der Waals surface area contributed by atoms with Gasteiger partial charge in [0.2, 0.25) is 0 Å². The topological polar surface area (TPSA) is 123 Å². The Morgan fingerprint density at radius 1 is 0.788 bits per heavy atom. The van der Waals surface area contributed by atoms with E-state index in [9.17, 15) is 9.59 Å². The molecule has 0 aliphatic rings. The fourth-order valence-corrected chi connectivity index (χ4v) is 3.65. The maximum Gasteiger partial charge on any atom is 0.259 e. The minimum Gasteiger partial charge on any atom is -0.360 e. The van der Waals surface area contributed by atoms with Crippen LogP contribution in [0, 0.1) is 27.7 Å². The Morgan fingerprint density at radius 3 is 1.64 bits per heavy atom. The van der Waals surface area contributed by atoms with E-state index in [0.717, 1.165) is 0 Å². The van der Waals surface area contributed by atoms with Gasteiger partial charge in [0, 0.05) is 22.7 Å². The zero-order valence-corrected chi connectivity index (χ0v) is 19.1. The lowest BCUT2D eigenvalue weighted by Gasteiger charge is -2.18. The van der Waals surface area contributed by atoms with E-state index in [2.05, 4.69) is 25.9 Å². The molecule has 4 aromatic rings. The van der Waals surface area contributed by atoms with Gasteiger partial charge in [-0.15, -0.1) is 0 Å². The number of amides is 2. The van der Waals surface area contributed by atoms with Crippen LogP contribution in [0.4, 0.5) is 11.6 Å². The third kappa shape index (κ3) is 4.63. The van der Waals surface area contributed by atoms with Crippen molar-refractivity contribution >= 4 is 35.1 Å². The predicted molar refractivity (Wildman–Crippen MR) is 123 cm³/mol. The zero-order valence-electron chi connectivity index (χ0n) is 18.3. The van der Waals surface area contributed by atoms with Crippen LogP contribution >= 0.6 is 11.6 Å². The summed E-state index contributed by atoms with van der Waals surface area (Å²) in [6.45, 7) is 6.85. The number of anilines is 2. The molecule has 1 aromatic carbocycles. The van der Waals surface area contributed by atoms with Gasteiger partial charge in [-0.25, -0.2) is 0 Å². The first-order valence-electron chi connectivity index (χ1n) is 9.99. The molecular weight excluding hydrogens is 446 g/mol. The molecule has 0 atom stereocenters. The van der Waals surface area contributed by atoms with Crippen LogP contribution in [-0.2, 0) is 0 Å². The van der Waals surface area contributed by atoms with Crippen LogP contribution in [0.3, 0.4) is 0 Å². The number of nitrogens with zero attached hydrogens (tertiary/aromatic N) is 3. The SMILES string of the molecule is Cc1cc(NC(=O)c2c(C)nc(C)c(C(=O)Nc3cc(C)on3)c2-c2ccc(Cl)cc2)no1. The molecule has 0 saturated heterocycles. The average Bonchev–Trinajstić information content (AvgIpc) is 3.35. The van der Waals surface area contributed by atoms with Crippen molar-refractivity contribution in [3.05, 3.63) is 75.5 Å². The van der Waals surface area contributed by atoms with Crippen LogP contribution in [0.1, 0.15) is 43.6 Å². The monoisotopic (exact) mass is 465 g/mol. The summed E-state index contributed by atoms with van der Waals surface area (Å²) in [5, 5.41) is 13.6. The van der Waals surface area contributed by atoms with Gasteiger partial charge in [-0.1, -0.05) is 34.0 Å². The summed E-state index contributed by atoms with van der Waals surface area (Å²) in [5.41, 5.74) is 2.38. The van der Waals surface area contributed by atoms with E-state index in [0.29, 0.717) is 39.1 Å². The van der Waals surface area contributed by atoms with Crippen molar-refractivity contribution in [1.82, 2.24) is 15.3 Å². The molecular formula is C23H20ClN5O4. The van der Waals surface area contributed by atoms with Crippen molar-refractivity contribution in [3.8, 4) is 11.1 Å². The van der Waals surface area contributed by atoms with Gasteiger partial charge < -0.3 is 19.7 Å². The smallest absolute Gasteiger partial charge is 0.259 e. The van der Waals surface area contributed by atoms with Gasteiger partial charge in [-0.05, 0) is 45.4 Å². The summed E-state index contributed by atoms with van der Waals surface area (Å²) in [4.78, 5) is 31.1. The lowest BCUT2D eigenvalue weighted by atomic mass is 9.91. The minimum atomic E-state index is -0.482. The van der Waals surface area contributed by atoms with Gasteiger partial charge in [0.05, 0.1) is 22.5 Å². The van der Waals surface area contributed by atoms with E-state index in [-0.39, 0.29) is 22.8 Å². The largest absolute Gasteiger partial charge is 0.360 e. The highest BCUT2D eigenvalue weighted by Crippen LogP contribution is 2.33. The first-order valence-corrected chi connectivity index (χ1v) is 10.4. The molecule has 0 radical (unpaired) electrons. The van der Waals surface area contributed by atoms with E-state index < -0.39 is 11.8 Å². The molecule has 2 amide bonds. The highest BCUT2D eigenvalue weighted by atomic mass is 35.5. The second-order valence-corrected chi connectivity index (χ2v) is 7.90. The molecule has 33 heavy (non-hydrogen) atoms. The maximum absolute atomic E-state index is 13.3. The van der Waals surface area contributed by atoms with Gasteiger partial charge in [0.1, 0.15) is 11.5 Å². The van der Waals surface area contributed by atoms with E-state index in [4.69, 9.17) is 20.6 Å². The number of rotatable bonds is 5. The van der Waals surface area contributed by atoms with E-state index in [1.54, 1.807) is 64.1 Å². The number of halogens is 1. The highest BCUT2D eigenvalue weighted by molar-refractivity contribution is 6.30. The van der Waals surface area contributed by atoms with Crippen LogP contribution in [0.25, 0.3) is 11.1 Å². The van der Waals surface area contributed by atoms with Crippen molar-refractivity contribution in [1.29, 1.82) is 0 Å². The molecule has 0 unspecified atom stereocenters. The summed E-state index contributed by atoms with van der Waals surface area (Å²) < 4.78 is 10.1. The Bertz CT molecular complexity index is 1280. The number of hydrogen-bond donors (Lipinski definition) is 2. The zero-order chi connectivity index (χ0) is 23.7. The number of benzene rings is 1. The first-order chi connectivity index (χ1) is 15.7. The lowest BCUT2D eigenvalue weighted by Crippen LogP contribution is -2.22. The van der Waals surface area contributed by atoms with Gasteiger partial charge in [-0.2, -0.15) is 0 Å². The highest BCUT2D eigenvalue weighted by Gasteiger charge is 2.27. The number of carbonyl (C=O) groups is 2. The second kappa shape index (κ2) is 8.87. The summed E-state index contributed by atoms with van der Waals surface area (Å²) in [6, 6.07) is 10.0.